The van der Waals surface area contributed by atoms with E-state index in [0.29, 0.717) is 5.69 Å². The second-order valence-corrected chi connectivity index (χ2v) is 6.51. The second-order valence-electron chi connectivity index (χ2n) is 6.51. The lowest BCUT2D eigenvalue weighted by Gasteiger charge is -2.26. The Bertz CT molecular complexity index is 782. The third-order valence-corrected chi connectivity index (χ3v) is 4.86. The molecule has 1 unspecified atom stereocenters. The Morgan fingerprint density at radius 2 is 2.16 bits per heavy atom. The molecule has 2 heterocycles. The third-order valence-electron chi connectivity index (χ3n) is 4.86. The molecule has 2 aliphatic rings. The number of aryl methyl sites for hydroxylation is 3. The number of halogens is 2. The summed E-state index contributed by atoms with van der Waals surface area (Å²) < 4.78 is 31.1. The first-order valence-electron chi connectivity index (χ1n) is 8.55. The molecule has 0 spiro atoms. The Labute approximate surface area is 144 Å². The lowest BCUT2D eigenvalue weighted by Crippen LogP contribution is -2.31. The van der Waals surface area contributed by atoms with Crippen molar-refractivity contribution in [3.05, 3.63) is 46.8 Å². The maximum Gasteiger partial charge on any atom is 0.387 e. The highest BCUT2D eigenvalue weighted by Gasteiger charge is 2.25. The predicted octanol–water partition coefficient (Wildman–Crippen LogP) is 3.24. The van der Waals surface area contributed by atoms with Crippen molar-refractivity contribution < 1.29 is 18.3 Å². The minimum atomic E-state index is -2.83. The van der Waals surface area contributed by atoms with Gasteiger partial charge in [-0.3, -0.25) is 9.48 Å². The van der Waals surface area contributed by atoms with Gasteiger partial charge in [0.15, 0.2) is 0 Å². The van der Waals surface area contributed by atoms with E-state index >= 15 is 0 Å². The molecule has 1 aromatic carbocycles. The van der Waals surface area contributed by atoms with E-state index in [1.54, 1.807) is 12.1 Å². The zero-order valence-corrected chi connectivity index (χ0v) is 13.7. The number of alkyl halides is 2. The van der Waals surface area contributed by atoms with E-state index in [0.717, 1.165) is 55.5 Å². The molecule has 0 saturated heterocycles. The minimum absolute atomic E-state index is 0.131. The number of carbonyl (C=O) groups is 1. The van der Waals surface area contributed by atoms with Crippen molar-refractivity contribution in [1.29, 1.82) is 0 Å². The molecule has 0 saturated carbocycles. The highest BCUT2D eigenvalue weighted by atomic mass is 19.3. The molecule has 25 heavy (non-hydrogen) atoms. The van der Waals surface area contributed by atoms with Crippen molar-refractivity contribution >= 4 is 5.91 Å². The minimum Gasteiger partial charge on any atom is -0.435 e. The van der Waals surface area contributed by atoms with Gasteiger partial charge in [0.2, 0.25) is 0 Å². The van der Waals surface area contributed by atoms with Crippen molar-refractivity contribution in [3.8, 4) is 5.75 Å². The van der Waals surface area contributed by atoms with Crippen LogP contribution in [0.4, 0.5) is 8.78 Å². The summed E-state index contributed by atoms with van der Waals surface area (Å²) in [6, 6.07) is 6.66. The number of carbonyl (C=O) groups excluding carboxylic acids is 1. The highest BCUT2D eigenvalue weighted by molar-refractivity contribution is 5.92. The third kappa shape index (κ3) is 3.23. The molecule has 0 fully saturated rings. The van der Waals surface area contributed by atoms with Crippen molar-refractivity contribution in [3.63, 3.8) is 0 Å². The number of amides is 1. The average molecular weight is 347 g/mol. The molecule has 1 N–H and O–H groups in total. The van der Waals surface area contributed by atoms with Gasteiger partial charge >= 0.3 is 6.61 Å². The molecule has 0 bridgehead atoms. The van der Waals surface area contributed by atoms with Gasteiger partial charge in [0.25, 0.3) is 5.91 Å². The standard InChI is InChI=1S/C18H19F2N3O2/c19-18(20)25-13-6-7-14-11(9-13)3-1-5-15(14)21-17(24)16-10-12-4-2-8-23(12)22-16/h6-7,9-10,15,18H,1-5,8H2,(H,21,24). The average Bonchev–Trinajstić information content (AvgIpc) is 3.16. The van der Waals surface area contributed by atoms with Crippen LogP contribution in [0.3, 0.4) is 0 Å². The van der Waals surface area contributed by atoms with Crippen LogP contribution in [0, 0.1) is 0 Å². The number of nitrogens with zero attached hydrogens (tertiary/aromatic N) is 2. The zero-order valence-electron chi connectivity index (χ0n) is 13.7. The van der Waals surface area contributed by atoms with Crippen molar-refractivity contribution in [2.75, 3.05) is 0 Å². The highest BCUT2D eigenvalue weighted by Crippen LogP contribution is 2.33. The van der Waals surface area contributed by atoms with E-state index in [1.807, 2.05) is 10.7 Å². The van der Waals surface area contributed by atoms with E-state index in [1.165, 1.54) is 6.07 Å². The van der Waals surface area contributed by atoms with Crippen LogP contribution >= 0.6 is 0 Å². The number of aromatic nitrogens is 2. The Morgan fingerprint density at radius 3 is 2.96 bits per heavy atom. The molecular weight excluding hydrogens is 328 g/mol. The van der Waals surface area contributed by atoms with Crippen molar-refractivity contribution in [2.45, 2.75) is 51.3 Å². The fourth-order valence-corrected chi connectivity index (χ4v) is 3.72. The van der Waals surface area contributed by atoms with Crippen LogP contribution in [0.5, 0.6) is 5.75 Å². The van der Waals surface area contributed by atoms with Gasteiger partial charge in [0, 0.05) is 12.2 Å². The predicted molar refractivity (Wildman–Crippen MR) is 86.8 cm³/mol. The van der Waals surface area contributed by atoms with Crippen LogP contribution in [0.1, 0.15) is 52.6 Å². The molecule has 1 aliphatic heterocycles. The monoisotopic (exact) mass is 347 g/mol. The molecule has 1 aliphatic carbocycles. The Balaban J connectivity index is 1.51. The molecule has 2 aromatic rings. The maximum atomic E-state index is 12.5. The molecule has 1 atom stereocenters. The van der Waals surface area contributed by atoms with Gasteiger partial charge in [0.05, 0.1) is 6.04 Å². The van der Waals surface area contributed by atoms with Gasteiger partial charge in [-0.1, -0.05) is 6.07 Å². The van der Waals surface area contributed by atoms with E-state index < -0.39 is 6.61 Å². The number of hydrogen-bond donors (Lipinski definition) is 1. The van der Waals surface area contributed by atoms with E-state index in [2.05, 4.69) is 15.2 Å². The van der Waals surface area contributed by atoms with Crippen LogP contribution in [0.15, 0.2) is 24.3 Å². The van der Waals surface area contributed by atoms with Gasteiger partial charge in [0.1, 0.15) is 11.4 Å². The number of hydrogen-bond acceptors (Lipinski definition) is 3. The molecule has 4 rings (SSSR count). The van der Waals surface area contributed by atoms with Crippen LogP contribution in [-0.4, -0.2) is 22.3 Å². The summed E-state index contributed by atoms with van der Waals surface area (Å²) in [5.74, 6) is -0.0288. The summed E-state index contributed by atoms with van der Waals surface area (Å²) in [6.07, 6.45) is 4.53. The topological polar surface area (TPSA) is 56.1 Å². The van der Waals surface area contributed by atoms with Gasteiger partial charge in [-0.15, -0.1) is 0 Å². The molecule has 5 nitrogen and oxygen atoms in total. The van der Waals surface area contributed by atoms with Crippen LogP contribution in [-0.2, 0) is 19.4 Å². The van der Waals surface area contributed by atoms with Crippen LogP contribution < -0.4 is 10.1 Å². The van der Waals surface area contributed by atoms with E-state index in [9.17, 15) is 13.6 Å². The quantitative estimate of drug-likeness (QED) is 0.924. The van der Waals surface area contributed by atoms with Gasteiger partial charge in [-0.2, -0.15) is 13.9 Å². The summed E-state index contributed by atoms with van der Waals surface area (Å²) in [5.41, 5.74) is 3.46. The summed E-state index contributed by atoms with van der Waals surface area (Å²) in [7, 11) is 0. The van der Waals surface area contributed by atoms with Gasteiger partial charge in [-0.25, -0.2) is 0 Å². The largest absolute Gasteiger partial charge is 0.435 e. The Kier molecular flexibility index (Phi) is 4.15. The molecule has 1 amide bonds. The molecule has 132 valence electrons. The lowest BCUT2D eigenvalue weighted by molar-refractivity contribution is -0.0499. The van der Waals surface area contributed by atoms with E-state index in [4.69, 9.17) is 0 Å². The summed E-state index contributed by atoms with van der Waals surface area (Å²) in [5, 5.41) is 7.40. The van der Waals surface area contributed by atoms with Gasteiger partial charge in [-0.05, 0) is 61.4 Å². The summed E-state index contributed by atoms with van der Waals surface area (Å²) in [6.45, 7) is -1.97. The first kappa shape index (κ1) is 16.1. The molecule has 1 aromatic heterocycles. The van der Waals surface area contributed by atoms with E-state index in [-0.39, 0.29) is 17.7 Å². The lowest BCUT2D eigenvalue weighted by atomic mass is 9.87. The van der Waals surface area contributed by atoms with Crippen LogP contribution in [0.25, 0.3) is 0 Å². The Hall–Kier alpha value is -2.44. The smallest absolute Gasteiger partial charge is 0.387 e. The maximum absolute atomic E-state index is 12.5. The molecule has 0 radical (unpaired) electrons. The first-order valence-corrected chi connectivity index (χ1v) is 8.55. The number of fused-ring (bicyclic) bond motifs is 2. The normalized spacial score (nSPS) is 18.8. The second kappa shape index (κ2) is 6.46. The number of ether oxygens (including phenoxy) is 1. The number of benzene rings is 1. The molecule has 7 heteroatoms. The van der Waals surface area contributed by atoms with Crippen LogP contribution in [0.2, 0.25) is 0 Å². The Morgan fingerprint density at radius 1 is 1.28 bits per heavy atom. The van der Waals surface area contributed by atoms with Crippen molar-refractivity contribution in [2.24, 2.45) is 0 Å². The molecular formula is C18H19F2N3O2. The van der Waals surface area contributed by atoms with Gasteiger partial charge < -0.3 is 10.1 Å². The number of rotatable bonds is 4. The summed E-state index contributed by atoms with van der Waals surface area (Å²) in [4.78, 5) is 12.5. The fourth-order valence-electron chi connectivity index (χ4n) is 3.72. The number of nitrogens with one attached hydrogen (secondary N) is 1. The fraction of sp³-hybridized carbons (Fsp3) is 0.444. The van der Waals surface area contributed by atoms with Crippen molar-refractivity contribution in [1.82, 2.24) is 15.1 Å². The summed E-state index contributed by atoms with van der Waals surface area (Å²) >= 11 is 0. The first-order chi connectivity index (χ1) is 12.1. The SMILES string of the molecule is O=C(NC1CCCc2cc(OC(F)F)ccc21)c1cc2n(n1)CCC2. The zero-order chi connectivity index (χ0) is 17.4.